The van der Waals surface area contributed by atoms with E-state index < -0.39 is 33.1 Å². The standard InChI is InChI=1S/C27H45N5O10S/c1-27(2,24(31-26(35)42-12-6-11-33)21-43(36,37)23-7-4-3-5-8-23)22-29-25(34)9-13-38-15-17-40-19-20-41-18-16-39-14-10-30-32-28/h3-5,7-8,24,33H,6,9-22H2,1-2H3,(H,29,34)(H,31,35). The van der Waals surface area contributed by atoms with Crippen LogP contribution in [0.1, 0.15) is 26.7 Å². The molecule has 0 aliphatic rings. The van der Waals surface area contributed by atoms with E-state index in [0.717, 1.165) is 0 Å². The van der Waals surface area contributed by atoms with Crippen molar-refractivity contribution in [2.24, 2.45) is 10.5 Å². The largest absolute Gasteiger partial charge is 0.449 e. The topological polar surface area (TPSA) is 207 Å². The van der Waals surface area contributed by atoms with E-state index >= 15 is 0 Å². The van der Waals surface area contributed by atoms with E-state index in [2.05, 4.69) is 20.7 Å². The van der Waals surface area contributed by atoms with Gasteiger partial charge in [0.25, 0.3) is 0 Å². The molecule has 0 spiro atoms. The summed E-state index contributed by atoms with van der Waals surface area (Å²) in [5.41, 5.74) is 7.28. The van der Waals surface area contributed by atoms with Gasteiger partial charge in [-0.3, -0.25) is 4.79 Å². The molecule has 0 saturated heterocycles. The van der Waals surface area contributed by atoms with Crippen molar-refractivity contribution in [3.8, 4) is 0 Å². The second kappa shape index (κ2) is 22.5. The fraction of sp³-hybridized carbons (Fsp3) is 0.704. The minimum atomic E-state index is -3.77. The Hall–Kier alpha value is -2.98. The van der Waals surface area contributed by atoms with Crippen molar-refractivity contribution in [3.05, 3.63) is 40.8 Å². The summed E-state index contributed by atoms with van der Waals surface area (Å²) in [5.74, 6) is -0.699. The Bertz CT molecular complexity index is 1070. The van der Waals surface area contributed by atoms with Crippen molar-refractivity contribution in [1.29, 1.82) is 0 Å². The number of ether oxygens (including phenoxy) is 5. The molecule has 244 valence electrons. The summed E-state index contributed by atoms with van der Waals surface area (Å²) in [7, 11) is -3.77. The summed E-state index contributed by atoms with van der Waals surface area (Å²) in [6.07, 6.45) is -0.472. The molecule has 1 unspecified atom stereocenters. The van der Waals surface area contributed by atoms with Crippen LogP contribution < -0.4 is 10.6 Å². The van der Waals surface area contributed by atoms with E-state index in [1.807, 2.05) is 0 Å². The van der Waals surface area contributed by atoms with Crippen molar-refractivity contribution in [1.82, 2.24) is 10.6 Å². The number of carbonyl (C=O) groups excluding carboxylic acids is 2. The molecule has 0 bridgehead atoms. The van der Waals surface area contributed by atoms with Gasteiger partial charge in [-0.2, -0.15) is 0 Å². The smallest absolute Gasteiger partial charge is 0.407 e. The Morgan fingerprint density at radius 1 is 0.953 bits per heavy atom. The maximum Gasteiger partial charge on any atom is 0.407 e. The number of alkyl carbamates (subject to hydrolysis) is 1. The lowest BCUT2D eigenvalue weighted by Crippen LogP contribution is -2.53. The van der Waals surface area contributed by atoms with Gasteiger partial charge in [0.15, 0.2) is 9.84 Å². The number of nitrogens with one attached hydrogen (secondary N) is 2. The minimum absolute atomic E-state index is 0.0197. The lowest BCUT2D eigenvalue weighted by Gasteiger charge is -2.34. The van der Waals surface area contributed by atoms with Gasteiger partial charge in [0.2, 0.25) is 5.91 Å². The molecule has 1 aromatic carbocycles. The molecule has 0 heterocycles. The average molecular weight is 632 g/mol. The van der Waals surface area contributed by atoms with Crippen molar-refractivity contribution in [3.63, 3.8) is 0 Å². The number of sulfone groups is 1. The van der Waals surface area contributed by atoms with E-state index in [0.29, 0.717) is 46.2 Å². The Morgan fingerprint density at radius 2 is 1.53 bits per heavy atom. The van der Waals surface area contributed by atoms with Crippen LogP contribution in [0.15, 0.2) is 40.3 Å². The van der Waals surface area contributed by atoms with Crippen molar-refractivity contribution >= 4 is 21.8 Å². The van der Waals surface area contributed by atoms with Crippen molar-refractivity contribution in [2.45, 2.75) is 37.6 Å². The maximum absolute atomic E-state index is 13.1. The number of benzene rings is 1. The fourth-order valence-corrected chi connectivity index (χ4v) is 5.17. The maximum atomic E-state index is 13.1. The lowest BCUT2D eigenvalue weighted by molar-refractivity contribution is -0.122. The zero-order chi connectivity index (χ0) is 31.8. The number of azide groups is 1. The highest BCUT2D eigenvalue weighted by atomic mass is 32.2. The molecule has 1 aromatic rings. The highest BCUT2D eigenvalue weighted by molar-refractivity contribution is 7.91. The molecule has 0 aliphatic carbocycles. The van der Waals surface area contributed by atoms with E-state index in [1.54, 1.807) is 32.0 Å². The Morgan fingerprint density at radius 3 is 2.12 bits per heavy atom. The van der Waals surface area contributed by atoms with E-state index in [1.165, 1.54) is 12.1 Å². The number of hydrogen-bond donors (Lipinski definition) is 3. The van der Waals surface area contributed by atoms with Gasteiger partial charge in [-0.1, -0.05) is 37.2 Å². The van der Waals surface area contributed by atoms with Crippen LogP contribution in [0.2, 0.25) is 0 Å². The highest BCUT2D eigenvalue weighted by Crippen LogP contribution is 2.24. The first kappa shape index (κ1) is 38.0. The van der Waals surface area contributed by atoms with Gasteiger partial charge < -0.3 is 39.4 Å². The molecule has 15 nitrogen and oxygen atoms in total. The zero-order valence-corrected chi connectivity index (χ0v) is 25.8. The summed E-state index contributed by atoms with van der Waals surface area (Å²) in [5, 5.41) is 17.7. The molecule has 0 radical (unpaired) electrons. The number of aliphatic hydroxyl groups is 1. The monoisotopic (exact) mass is 631 g/mol. The van der Waals surface area contributed by atoms with E-state index in [-0.39, 0.29) is 56.6 Å². The summed E-state index contributed by atoms with van der Waals surface area (Å²) in [6, 6.07) is 7.00. The Kier molecular flexibility index (Phi) is 19.9. The number of hydrogen-bond acceptors (Lipinski definition) is 11. The zero-order valence-electron chi connectivity index (χ0n) is 24.9. The van der Waals surface area contributed by atoms with Gasteiger partial charge >= 0.3 is 6.09 Å². The van der Waals surface area contributed by atoms with Gasteiger partial charge in [0, 0.05) is 42.9 Å². The van der Waals surface area contributed by atoms with Crippen LogP contribution in [0.25, 0.3) is 10.4 Å². The van der Waals surface area contributed by atoms with Gasteiger partial charge in [0.05, 0.1) is 76.2 Å². The average Bonchev–Trinajstić information content (AvgIpc) is 2.98. The SMILES string of the molecule is CC(C)(CNC(=O)CCOCCOCCOCCOCCN=[N+]=[N-])C(CS(=O)(=O)c1ccccc1)NC(=O)OCCCO. The third kappa shape index (κ3) is 18.3. The molecular formula is C27H45N5O10S. The van der Waals surface area contributed by atoms with Gasteiger partial charge in [0.1, 0.15) is 0 Å². The highest BCUT2D eigenvalue weighted by Gasteiger charge is 2.36. The summed E-state index contributed by atoms with van der Waals surface area (Å²) in [6.45, 7) is 6.37. The van der Waals surface area contributed by atoms with E-state index in [9.17, 15) is 18.0 Å². The third-order valence-corrected chi connectivity index (χ3v) is 7.75. The second-order valence-corrected chi connectivity index (χ2v) is 12.0. The van der Waals surface area contributed by atoms with Crippen LogP contribution in [-0.2, 0) is 38.3 Å². The van der Waals surface area contributed by atoms with Gasteiger partial charge in [-0.25, -0.2) is 13.2 Å². The molecule has 1 rings (SSSR count). The Balaban J connectivity index is 2.39. The molecule has 0 aliphatic heterocycles. The quantitative estimate of drug-likeness (QED) is 0.0617. The minimum Gasteiger partial charge on any atom is -0.449 e. The summed E-state index contributed by atoms with van der Waals surface area (Å²) in [4.78, 5) is 27.5. The van der Waals surface area contributed by atoms with Crippen LogP contribution in [-0.4, -0.2) is 116 Å². The van der Waals surface area contributed by atoms with Crippen LogP contribution in [0.5, 0.6) is 0 Å². The molecular weight excluding hydrogens is 586 g/mol. The molecule has 3 N–H and O–H groups in total. The molecule has 2 amide bonds. The second-order valence-electron chi connectivity index (χ2n) is 9.92. The van der Waals surface area contributed by atoms with Crippen LogP contribution in [0, 0.1) is 5.41 Å². The number of nitrogens with zero attached hydrogens (tertiary/aromatic N) is 3. The van der Waals surface area contributed by atoms with Crippen LogP contribution >= 0.6 is 0 Å². The van der Waals surface area contributed by atoms with Gasteiger partial charge in [-0.15, -0.1) is 0 Å². The van der Waals surface area contributed by atoms with Crippen LogP contribution in [0.3, 0.4) is 0 Å². The fourth-order valence-electron chi connectivity index (χ4n) is 3.43. The summed E-state index contributed by atoms with van der Waals surface area (Å²) < 4.78 is 52.6. The number of carbonyl (C=O) groups is 2. The normalized spacial score (nSPS) is 12.3. The first-order chi connectivity index (χ1) is 20.6. The first-order valence-corrected chi connectivity index (χ1v) is 15.7. The molecule has 0 saturated carbocycles. The van der Waals surface area contributed by atoms with E-state index in [4.69, 9.17) is 34.3 Å². The lowest BCUT2D eigenvalue weighted by atomic mass is 9.85. The first-order valence-electron chi connectivity index (χ1n) is 14.0. The molecule has 43 heavy (non-hydrogen) atoms. The number of amides is 2. The number of rotatable bonds is 25. The van der Waals surface area contributed by atoms with Gasteiger partial charge in [-0.05, 0) is 17.7 Å². The van der Waals surface area contributed by atoms with Crippen molar-refractivity contribution in [2.75, 3.05) is 84.9 Å². The molecule has 16 heteroatoms. The Labute approximate surface area is 253 Å². The predicted molar refractivity (Wildman–Crippen MR) is 157 cm³/mol. The third-order valence-electron chi connectivity index (χ3n) is 5.99. The van der Waals surface area contributed by atoms with Crippen molar-refractivity contribution < 1.29 is 46.8 Å². The molecule has 0 aromatic heterocycles. The van der Waals surface area contributed by atoms with Crippen LogP contribution in [0.4, 0.5) is 4.79 Å². The molecule has 0 fully saturated rings. The predicted octanol–water partition coefficient (Wildman–Crippen LogP) is 1.85. The summed E-state index contributed by atoms with van der Waals surface area (Å²) >= 11 is 0. The number of aliphatic hydroxyl groups excluding tert-OH is 1. The molecule has 1 atom stereocenters.